The Balaban J connectivity index is 1.85. The van der Waals surface area contributed by atoms with Gasteiger partial charge in [-0.05, 0) is 58.7 Å². The molecule has 0 saturated heterocycles. The van der Waals surface area contributed by atoms with Crippen LogP contribution in [0.3, 0.4) is 0 Å². The van der Waals surface area contributed by atoms with Gasteiger partial charge in [0.1, 0.15) is 5.69 Å². The average molecular weight is 486 g/mol. The van der Waals surface area contributed by atoms with Crippen molar-refractivity contribution in [1.29, 1.82) is 0 Å². The number of benzene rings is 1. The standard InChI is InChI=1S/C25H31N3O5S/c1-6-32-24(31)22-16(4)21(17(5)26-22)20(29)14-34-25-27-19-11-8-7-10-18(19)23(30)28(25)12-9-13-33-15(2)3/h7-8,10-11,15,26H,6,9,12-14H2,1-5H3. The van der Waals surface area contributed by atoms with Gasteiger partial charge >= 0.3 is 5.97 Å². The monoisotopic (exact) mass is 485 g/mol. The van der Waals surface area contributed by atoms with Crippen LogP contribution in [0.5, 0.6) is 0 Å². The van der Waals surface area contributed by atoms with E-state index in [1.807, 2.05) is 26.0 Å². The lowest BCUT2D eigenvalue weighted by Gasteiger charge is -2.14. The van der Waals surface area contributed by atoms with Crippen molar-refractivity contribution in [2.45, 2.75) is 58.8 Å². The minimum Gasteiger partial charge on any atom is -0.461 e. The number of carbonyl (C=O) groups excluding carboxylic acids is 2. The van der Waals surface area contributed by atoms with Crippen molar-refractivity contribution in [1.82, 2.24) is 14.5 Å². The number of fused-ring (bicyclic) bond motifs is 1. The molecule has 0 saturated carbocycles. The molecule has 2 heterocycles. The quantitative estimate of drug-likeness (QED) is 0.142. The molecule has 0 bridgehead atoms. The first kappa shape index (κ1) is 25.7. The lowest BCUT2D eigenvalue weighted by molar-refractivity contribution is 0.0519. The molecular weight excluding hydrogens is 454 g/mol. The first-order chi connectivity index (χ1) is 16.2. The molecule has 0 aliphatic heterocycles. The number of para-hydroxylation sites is 1. The van der Waals surface area contributed by atoms with Crippen LogP contribution in [0.15, 0.2) is 34.2 Å². The summed E-state index contributed by atoms with van der Waals surface area (Å²) in [6.07, 6.45) is 0.767. The maximum Gasteiger partial charge on any atom is 0.355 e. The van der Waals surface area contributed by atoms with Gasteiger partial charge in [0.05, 0.1) is 29.4 Å². The van der Waals surface area contributed by atoms with Crippen LogP contribution in [-0.2, 0) is 16.0 Å². The summed E-state index contributed by atoms with van der Waals surface area (Å²) in [7, 11) is 0. The Bertz CT molecular complexity index is 1250. The Morgan fingerprint density at radius 2 is 1.94 bits per heavy atom. The molecule has 0 radical (unpaired) electrons. The van der Waals surface area contributed by atoms with E-state index in [0.29, 0.717) is 58.1 Å². The van der Waals surface area contributed by atoms with Crippen molar-refractivity contribution in [2.75, 3.05) is 19.0 Å². The number of aryl methyl sites for hydroxylation is 1. The highest BCUT2D eigenvalue weighted by atomic mass is 32.2. The van der Waals surface area contributed by atoms with E-state index >= 15 is 0 Å². The molecule has 2 aromatic heterocycles. The zero-order valence-corrected chi connectivity index (χ0v) is 21.1. The molecule has 8 nitrogen and oxygen atoms in total. The number of hydrogen-bond donors (Lipinski definition) is 1. The maximum atomic E-state index is 13.2. The predicted octanol–water partition coefficient (Wildman–Crippen LogP) is 4.31. The average Bonchev–Trinajstić information content (AvgIpc) is 3.10. The first-order valence-electron chi connectivity index (χ1n) is 11.4. The van der Waals surface area contributed by atoms with Crippen molar-refractivity contribution >= 4 is 34.4 Å². The fourth-order valence-electron chi connectivity index (χ4n) is 3.77. The van der Waals surface area contributed by atoms with Crippen LogP contribution >= 0.6 is 11.8 Å². The number of aromatic nitrogens is 3. The zero-order chi connectivity index (χ0) is 24.8. The van der Waals surface area contributed by atoms with E-state index in [9.17, 15) is 14.4 Å². The van der Waals surface area contributed by atoms with Gasteiger partial charge in [-0.3, -0.25) is 14.2 Å². The molecule has 0 fully saturated rings. The normalized spacial score (nSPS) is 11.4. The largest absolute Gasteiger partial charge is 0.461 e. The van der Waals surface area contributed by atoms with E-state index < -0.39 is 5.97 Å². The lowest BCUT2D eigenvalue weighted by Crippen LogP contribution is -2.24. The van der Waals surface area contributed by atoms with Gasteiger partial charge in [0.15, 0.2) is 10.9 Å². The SMILES string of the molecule is CCOC(=O)c1[nH]c(C)c(C(=O)CSc2nc3ccccc3c(=O)n2CCCOC(C)C)c1C. The summed E-state index contributed by atoms with van der Waals surface area (Å²) in [5, 5.41) is 1.03. The highest BCUT2D eigenvalue weighted by molar-refractivity contribution is 7.99. The number of ether oxygens (including phenoxy) is 2. The second kappa shape index (κ2) is 11.5. The zero-order valence-electron chi connectivity index (χ0n) is 20.3. The smallest absolute Gasteiger partial charge is 0.355 e. The molecular formula is C25H31N3O5S. The number of H-pyrrole nitrogens is 1. The Labute approximate surface area is 203 Å². The van der Waals surface area contributed by atoms with Gasteiger partial charge in [-0.25, -0.2) is 9.78 Å². The van der Waals surface area contributed by atoms with Crippen molar-refractivity contribution in [3.8, 4) is 0 Å². The molecule has 34 heavy (non-hydrogen) atoms. The van der Waals surface area contributed by atoms with Crippen molar-refractivity contribution < 1.29 is 19.1 Å². The highest BCUT2D eigenvalue weighted by Crippen LogP contribution is 2.24. The van der Waals surface area contributed by atoms with Gasteiger partial charge in [0.25, 0.3) is 5.56 Å². The summed E-state index contributed by atoms with van der Waals surface area (Å²) < 4.78 is 12.3. The van der Waals surface area contributed by atoms with E-state index in [0.717, 1.165) is 0 Å². The molecule has 0 unspecified atom stereocenters. The molecule has 182 valence electrons. The summed E-state index contributed by atoms with van der Waals surface area (Å²) >= 11 is 1.22. The van der Waals surface area contributed by atoms with Crippen LogP contribution in [0.1, 0.15) is 59.3 Å². The molecule has 9 heteroatoms. The summed E-state index contributed by atoms with van der Waals surface area (Å²) in [5.41, 5.74) is 2.39. The Morgan fingerprint density at radius 3 is 2.65 bits per heavy atom. The highest BCUT2D eigenvalue weighted by Gasteiger charge is 2.23. The van der Waals surface area contributed by atoms with Crippen LogP contribution in [-0.4, -0.2) is 51.4 Å². The number of aromatic amines is 1. The van der Waals surface area contributed by atoms with Crippen molar-refractivity contribution in [2.24, 2.45) is 0 Å². The van der Waals surface area contributed by atoms with Gasteiger partial charge in [-0.1, -0.05) is 23.9 Å². The third kappa shape index (κ3) is 5.77. The van der Waals surface area contributed by atoms with Gasteiger partial charge in [-0.2, -0.15) is 0 Å². The first-order valence-corrected chi connectivity index (χ1v) is 12.4. The number of nitrogens with one attached hydrogen (secondary N) is 1. The number of hydrogen-bond acceptors (Lipinski definition) is 7. The maximum absolute atomic E-state index is 13.2. The van der Waals surface area contributed by atoms with Crippen molar-refractivity contribution in [3.05, 3.63) is 57.1 Å². The Morgan fingerprint density at radius 1 is 1.21 bits per heavy atom. The van der Waals surface area contributed by atoms with Gasteiger partial charge < -0.3 is 14.5 Å². The van der Waals surface area contributed by atoms with Crippen LogP contribution in [0, 0.1) is 13.8 Å². The Hall–Kier alpha value is -2.91. The molecule has 3 rings (SSSR count). The molecule has 0 aliphatic rings. The van der Waals surface area contributed by atoms with Gasteiger partial charge in [0, 0.05) is 24.4 Å². The second-order valence-electron chi connectivity index (χ2n) is 8.20. The van der Waals surface area contributed by atoms with E-state index in [4.69, 9.17) is 9.47 Å². The molecule has 1 aromatic carbocycles. The molecule has 0 amide bonds. The lowest BCUT2D eigenvalue weighted by atomic mass is 10.1. The van der Waals surface area contributed by atoms with E-state index in [1.165, 1.54) is 11.8 Å². The molecule has 0 aliphatic carbocycles. The topological polar surface area (TPSA) is 103 Å². The molecule has 0 atom stereocenters. The van der Waals surface area contributed by atoms with Crippen molar-refractivity contribution in [3.63, 3.8) is 0 Å². The van der Waals surface area contributed by atoms with Crippen LogP contribution in [0.4, 0.5) is 0 Å². The van der Waals surface area contributed by atoms with Gasteiger partial charge in [-0.15, -0.1) is 0 Å². The fraction of sp³-hybridized carbons (Fsp3) is 0.440. The number of esters is 1. The number of ketones is 1. The van der Waals surface area contributed by atoms with Crippen LogP contribution < -0.4 is 5.56 Å². The fourth-order valence-corrected chi connectivity index (χ4v) is 4.67. The van der Waals surface area contributed by atoms with E-state index in [2.05, 4.69) is 9.97 Å². The van der Waals surface area contributed by atoms with E-state index in [1.54, 1.807) is 37.5 Å². The van der Waals surface area contributed by atoms with E-state index in [-0.39, 0.29) is 29.8 Å². The number of rotatable bonds is 11. The van der Waals surface area contributed by atoms with Crippen LogP contribution in [0.25, 0.3) is 10.9 Å². The second-order valence-corrected chi connectivity index (χ2v) is 9.14. The summed E-state index contributed by atoms with van der Waals surface area (Å²) in [6.45, 7) is 10.4. The number of carbonyl (C=O) groups is 2. The predicted molar refractivity (Wildman–Crippen MR) is 133 cm³/mol. The third-order valence-corrected chi connectivity index (χ3v) is 6.31. The minimum atomic E-state index is -0.483. The number of thioether (sulfide) groups is 1. The Kier molecular flexibility index (Phi) is 8.68. The third-order valence-electron chi connectivity index (χ3n) is 5.33. The number of Topliss-reactive ketones (excluding diaryl/α,β-unsaturated/α-hetero) is 1. The molecule has 1 N–H and O–H groups in total. The minimum absolute atomic E-state index is 0.0784. The summed E-state index contributed by atoms with van der Waals surface area (Å²) in [4.78, 5) is 46.1. The number of nitrogens with zero attached hydrogens (tertiary/aromatic N) is 2. The summed E-state index contributed by atoms with van der Waals surface area (Å²) in [6, 6.07) is 7.20. The van der Waals surface area contributed by atoms with Crippen LogP contribution in [0.2, 0.25) is 0 Å². The van der Waals surface area contributed by atoms with Gasteiger partial charge in [0.2, 0.25) is 0 Å². The molecule has 0 spiro atoms. The molecule has 3 aromatic rings. The summed E-state index contributed by atoms with van der Waals surface area (Å²) in [5.74, 6) is -0.554.